The van der Waals surface area contributed by atoms with Crippen LogP contribution in [0, 0.1) is 5.92 Å². The molecule has 0 aromatic heterocycles. The predicted octanol–water partition coefficient (Wildman–Crippen LogP) is 2.03. The highest BCUT2D eigenvalue weighted by molar-refractivity contribution is 5.79. The first kappa shape index (κ1) is 19.2. The van der Waals surface area contributed by atoms with Crippen molar-refractivity contribution in [2.45, 2.75) is 46.6 Å². The fourth-order valence-electron chi connectivity index (χ4n) is 1.38. The van der Waals surface area contributed by atoms with Gasteiger partial charge >= 0.3 is 0 Å². The number of hydrogen-bond donors (Lipinski definition) is 2. The van der Waals surface area contributed by atoms with Crippen LogP contribution in [0.1, 0.15) is 41.0 Å². The molecule has 0 spiro atoms. The SMILES string of the molecule is CCNC(=NCC(C)(C)OC)NCCCOCC(C)C. The number of nitrogens with one attached hydrogen (secondary N) is 2. The van der Waals surface area contributed by atoms with Crippen molar-refractivity contribution in [1.82, 2.24) is 10.6 Å². The lowest BCUT2D eigenvalue weighted by Gasteiger charge is -2.21. The van der Waals surface area contributed by atoms with Crippen LogP contribution in [0.3, 0.4) is 0 Å². The molecule has 0 aliphatic heterocycles. The van der Waals surface area contributed by atoms with Gasteiger partial charge in [-0.25, -0.2) is 0 Å². The normalized spacial score (nSPS) is 12.8. The van der Waals surface area contributed by atoms with Crippen molar-refractivity contribution in [1.29, 1.82) is 0 Å². The Balaban J connectivity index is 3.93. The summed E-state index contributed by atoms with van der Waals surface area (Å²) in [5.41, 5.74) is -0.233. The van der Waals surface area contributed by atoms with Crippen molar-refractivity contribution >= 4 is 5.96 Å². The van der Waals surface area contributed by atoms with E-state index in [2.05, 4.69) is 36.4 Å². The Labute approximate surface area is 124 Å². The first-order valence-corrected chi connectivity index (χ1v) is 7.56. The Bertz CT molecular complexity index is 266. The van der Waals surface area contributed by atoms with Gasteiger partial charge in [0.25, 0.3) is 0 Å². The van der Waals surface area contributed by atoms with Gasteiger partial charge in [-0.2, -0.15) is 0 Å². The van der Waals surface area contributed by atoms with Crippen molar-refractivity contribution in [3.8, 4) is 0 Å². The summed E-state index contributed by atoms with van der Waals surface area (Å²) in [5.74, 6) is 1.43. The topological polar surface area (TPSA) is 54.9 Å². The summed E-state index contributed by atoms with van der Waals surface area (Å²) in [7, 11) is 1.71. The fourth-order valence-corrected chi connectivity index (χ4v) is 1.38. The molecule has 0 aliphatic rings. The molecule has 0 aromatic rings. The molecule has 0 aromatic carbocycles. The predicted molar refractivity (Wildman–Crippen MR) is 85.3 cm³/mol. The molecule has 0 radical (unpaired) electrons. The molecule has 0 aliphatic carbocycles. The molecule has 0 heterocycles. The lowest BCUT2D eigenvalue weighted by atomic mass is 10.1. The second-order valence-corrected chi connectivity index (χ2v) is 5.91. The molecule has 0 saturated heterocycles. The van der Waals surface area contributed by atoms with Crippen LogP contribution in [0.15, 0.2) is 4.99 Å². The molecule has 0 amide bonds. The number of rotatable bonds is 10. The van der Waals surface area contributed by atoms with E-state index in [9.17, 15) is 0 Å². The molecule has 0 unspecified atom stereocenters. The number of guanidine groups is 1. The largest absolute Gasteiger partial charge is 0.381 e. The maximum absolute atomic E-state index is 5.55. The van der Waals surface area contributed by atoms with Crippen molar-refractivity contribution in [2.24, 2.45) is 10.9 Å². The van der Waals surface area contributed by atoms with E-state index in [0.717, 1.165) is 38.7 Å². The third-order valence-electron chi connectivity index (χ3n) is 2.72. The van der Waals surface area contributed by atoms with Gasteiger partial charge in [-0.15, -0.1) is 0 Å². The van der Waals surface area contributed by atoms with Crippen molar-refractivity contribution in [3.63, 3.8) is 0 Å². The Hall–Kier alpha value is -0.810. The van der Waals surface area contributed by atoms with E-state index < -0.39 is 0 Å². The van der Waals surface area contributed by atoms with Gasteiger partial charge in [0.15, 0.2) is 5.96 Å². The van der Waals surface area contributed by atoms with Crippen LogP contribution < -0.4 is 10.6 Å². The zero-order valence-corrected chi connectivity index (χ0v) is 14.1. The quantitative estimate of drug-likeness (QED) is 0.367. The molecule has 2 N–H and O–H groups in total. The van der Waals surface area contributed by atoms with Crippen molar-refractivity contribution in [3.05, 3.63) is 0 Å². The zero-order valence-electron chi connectivity index (χ0n) is 14.1. The molecule has 0 saturated carbocycles. The summed E-state index contributed by atoms with van der Waals surface area (Å²) in [6, 6.07) is 0. The highest BCUT2D eigenvalue weighted by Gasteiger charge is 2.15. The third kappa shape index (κ3) is 11.1. The Morgan fingerprint density at radius 2 is 1.95 bits per heavy atom. The summed E-state index contributed by atoms with van der Waals surface area (Å²) in [6.45, 7) is 14.4. The average molecular weight is 287 g/mol. The molecule has 0 rings (SSSR count). The van der Waals surface area contributed by atoms with Gasteiger partial charge in [0.2, 0.25) is 0 Å². The summed E-state index contributed by atoms with van der Waals surface area (Å²) >= 11 is 0. The van der Waals surface area contributed by atoms with Gasteiger partial charge in [0.05, 0.1) is 12.1 Å². The molecule has 5 nitrogen and oxygen atoms in total. The molecule has 0 atom stereocenters. The van der Waals surface area contributed by atoms with Crippen LogP contribution in [0.2, 0.25) is 0 Å². The highest BCUT2D eigenvalue weighted by atomic mass is 16.5. The second kappa shape index (κ2) is 10.9. The monoisotopic (exact) mass is 287 g/mol. The Kier molecular flexibility index (Phi) is 10.5. The van der Waals surface area contributed by atoms with Gasteiger partial charge < -0.3 is 20.1 Å². The van der Waals surface area contributed by atoms with E-state index >= 15 is 0 Å². The summed E-state index contributed by atoms with van der Waals surface area (Å²) in [6.07, 6.45) is 0.977. The lowest BCUT2D eigenvalue weighted by Crippen LogP contribution is -2.39. The molecule has 120 valence electrons. The number of hydrogen-bond acceptors (Lipinski definition) is 3. The minimum Gasteiger partial charge on any atom is -0.381 e. The standard InChI is InChI=1S/C15H33N3O2/c1-7-16-14(18-12-15(4,5)19-6)17-9-8-10-20-11-13(2)3/h13H,7-12H2,1-6H3,(H2,16,17,18). The van der Waals surface area contributed by atoms with E-state index in [1.165, 1.54) is 0 Å². The summed E-state index contributed by atoms with van der Waals surface area (Å²) in [4.78, 5) is 4.53. The Morgan fingerprint density at radius 1 is 1.25 bits per heavy atom. The summed E-state index contributed by atoms with van der Waals surface area (Å²) in [5, 5.41) is 6.54. The van der Waals surface area contributed by atoms with Crippen LogP contribution in [0.5, 0.6) is 0 Å². The number of aliphatic imine (C=N–C) groups is 1. The maximum Gasteiger partial charge on any atom is 0.191 e. The van der Waals surface area contributed by atoms with Gasteiger partial charge in [0.1, 0.15) is 0 Å². The fraction of sp³-hybridized carbons (Fsp3) is 0.933. The molecule has 20 heavy (non-hydrogen) atoms. The van der Waals surface area contributed by atoms with Crippen LogP contribution in [0.4, 0.5) is 0 Å². The van der Waals surface area contributed by atoms with E-state index in [0.29, 0.717) is 12.5 Å². The average Bonchev–Trinajstić information content (AvgIpc) is 2.39. The van der Waals surface area contributed by atoms with Gasteiger partial charge in [0, 0.05) is 33.4 Å². The number of methoxy groups -OCH3 is 1. The maximum atomic E-state index is 5.55. The lowest BCUT2D eigenvalue weighted by molar-refractivity contribution is 0.0310. The zero-order chi connectivity index (χ0) is 15.4. The number of ether oxygens (including phenoxy) is 2. The van der Waals surface area contributed by atoms with E-state index in [4.69, 9.17) is 9.47 Å². The van der Waals surface area contributed by atoms with E-state index in [1.807, 2.05) is 13.8 Å². The van der Waals surface area contributed by atoms with Crippen LogP contribution in [0.25, 0.3) is 0 Å². The van der Waals surface area contributed by atoms with E-state index in [-0.39, 0.29) is 5.60 Å². The molecule has 5 heteroatoms. The highest BCUT2D eigenvalue weighted by Crippen LogP contribution is 2.06. The minimum absolute atomic E-state index is 0.233. The summed E-state index contributed by atoms with van der Waals surface area (Å²) < 4.78 is 10.9. The van der Waals surface area contributed by atoms with Crippen LogP contribution in [-0.4, -0.2) is 51.5 Å². The number of nitrogens with zero attached hydrogens (tertiary/aromatic N) is 1. The van der Waals surface area contributed by atoms with Crippen molar-refractivity contribution in [2.75, 3.05) is 40.0 Å². The van der Waals surface area contributed by atoms with Gasteiger partial charge in [-0.1, -0.05) is 13.8 Å². The first-order valence-electron chi connectivity index (χ1n) is 7.56. The minimum atomic E-state index is -0.233. The Morgan fingerprint density at radius 3 is 2.50 bits per heavy atom. The van der Waals surface area contributed by atoms with Gasteiger partial charge in [-0.3, -0.25) is 4.99 Å². The van der Waals surface area contributed by atoms with Gasteiger partial charge in [-0.05, 0) is 33.1 Å². The molecular weight excluding hydrogens is 254 g/mol. The van der Waals surface area contributed by atoms with Crippen LogP contribution >= 0.6 is 0 Å². The first-order chi connectivity index (χ1) is 9.41. The second-order valence-electron chi connectivity index (χ2n) is 5.91. The van der Waals surface area contributed by atoms with Crippen molar-refractivity contribution < 1.29 is 9.47 Å². The molecular formula is C15H33N3O2. The third-order valence-corrected chi connectivity index (χ3v) is 2.72. The van der Waals surface area contributed by atoms with E-state index in [1.54, 1.807) is 7.11 Å². The smallest absolute Gasteiger partial charge is 0.191 e. The molecule has 0 bridgehead atoms. The molecule has 0 fully saturated rings. The van der Waals surface area contributed by atoms with Crippen LogP contribution in [-0.2, 0) is 9.47 Å².